The molecule has 2 rings (SSSR count). The highest BCUT2D eigenvalue weighted by Crippen LogP contribution is 2.25. The standard InChI is InChI=1S/C12H16N2O2/c1-12(7-16-8-12)6-14-11(15)9-3-2-4-10(13)5-9/h2-5H,6-8,13H2,1H3,(H,14,15). The van der Waals surface area contributed by atoms with Crippen LogP contribution in [-0.2, 0) is 4.74 Å². The molecular formula is C12H16N2O2. The Morgan fingerprint density at radius 1 is 1.56 bits per heavy atom. The summed E-state index contributed by atoms with van der Waals surface area (Å²) in [5.41, 5.74) is 6.91. The van der Waals surface area contributed by atoms with Gasteiger partial charge >= 0.3 is 0 Å². The van der Waals surface area contributed by atoms with E-state index in [0.29, 0.717) is 31.0 Å². The number of anilines is 1. The van der Waals surface area contributed by atoms with Gasteiger partial charge in [-0.25, -0.2) is 0 Å². The normalized spacial score (nSPS) is 17.6. The lowest BCUT2D eigenvalue weighted by atomic mass is 9.88. The van der Waals surface area contributed by atoms with E-state index in [0.717, 1.165) is 0 Å². The lowest BCUT2D eigenvalue weighted by Crippen LogP contribution is -2.48. The highest BCUT2D eigenvalue weighted by Gasteiger charge is 2.33. The zero-order valence-electron chi connectivity index (χ0n) is 9.32. The largest absolute Gasteiger partial charge is 0.399 e. The van der Waals surface area contributed by atoms with Gasteiger partial charge in [-0.3, -0.25) is 4.79 Å². The molecule has 0 atom stereocenters. The highest BCUT2D eigenvalue weighted by molar-refractivity contribution is 5.95. The number of benzene rings is 1. The third-order valence-electron chi connectivity index (χ3n) is 2.73. The topological polar surface area (TPSA) is 64.4 Å². The van der Waals surface area contributed by atoms with E-state index in [1.807, 2.05) is 0 Å². The summed E-state index contributed by atoms with van der Waals surface area (Å²) in [6.07, 6.45) is 0. The molecule has 4 heteroatoms. The van der Waals surface area contributed by atoms with Gasteiger partial charge in [0, 0.05) is 23.2 Å². The van der Waals surface area contributed by atoms with Crippen molar-refractivity contribution in [2.75, 3.05) is 25.5 Å². The number of hydrogen-bond donors (Lipinski definition) is 2. The minimum Gasteiger partial charge on any atom is -0.399 e. The van der Waals surface area contributed by atoms with Crippen LogP contribution in [0.25, 0.3) is 0 Å². The van der Waals surface area contributed by atoms with Crippen molar-refractivity contribution in [3.05, 3.63) is 29.8 Å². The molecular weight excluding hydrogens is 204 g/mol. The second kappa shape index (κ2) is 4.14. The first-order valence-electron chi connectivity index (χ1n) is 5.31. The van der Waals surface area contributed by atoms with Crippen molar-refractivity contribution in [2.24, 2.45) is 5.41 Å². The SMILES string of the molecule is CC1(CNC(=O)c2cccc(N)c2)COC1. The van der Waals surface area contributed by atoms with Gasteiger partial charge in [-0.2, -0.15) is 0 Å². The monoisotopic (exact) mass is 220 g/mol. The second-order valence-electron chi connectivity index (χ2n) is 4.61. The average Bonchev–Trinajstić information content (AvgIpc) is 2.23. The molecule has 0 unspecified atom stereocenters. The van der Waals surface area contributed by atoms with Crippen LogP contribution in [0.3, 0.4) is 0 Å². The Kier molecular flexibility index (Phi) is 2.83. The van der Waals surface area contributed by atoms with Crippen LogP contribution in [0.15, 0.2) is 24.3 Å². The van der Waals surface area contributed by atoms with Crippen molar-refractivity contribution < 1.29 is 9.53 Å². The molecule has 1 aromatic carbocycles. The zero-order valence-corrected chi connectivity index (χ0v) is 9.32. The smallest absolute Gasteiger partial charge is 0.251 e. The van der Waals surface area contributed by atoms with Gasteiger partial charge in [0.2, 0.25) is 0 Å². The first-order chi connectivity index (χ1) is 7.59. The molecule has 0 aromatic heterocycles. The molecule has 4 nitrogen and oxygen atoms in total. The van der Waals surface area contributed by atoms with Crippen LogP contribution in [0, 0.1) is 5.41 Å². The van der Waals surface area contributed by atoms with Crippen molar-refractivity contribution in [1.82, 2.24) is 5.32 Å². The summed E-state index contributed by atoms with van der Waals surface area (Å²) < 4.78 is 5.12. The average molecular weight is 220 g/mol. The van der Waals surface area contributed by atoms with Crippen LogP contribution in [-0.4, -0.2) is 25.7 Å². The molecule has 1 aliphatic heterocycles. The number of rotatable bonds is 3. The lowest BCUT2D eigenvalue weighted by Gasteiger charge is -2.38. The number of nitrogen functional groups attached to an aromatic ring is 1. The Hall–Kier alpha value is -1.55. The first kappa shape index (κ1) is 11.0. The second-order valence-corrected chi connectivity index (χ2v) is 4.61. The Morgan fingerprint density at radius 2 is 2.31 bits per heavy atom. The molecule has 1 aromatic rings. The highest BCUT2D eigenvalue weighted by atomic mass is 16.5. The maximum atomic E-state index is 11.8. The summed E-state index contributed by atoms with van der Waals surface area (Å²) in [6.45, 7) is 4.16. The quantitative estimate of drug-likeness (QED) is 0.748. The number of carbonyl (C=O) groups is 1. The molecule has 1 amide bonds. The van der Waals surface area contributed by atoms with Gasteiger partial charge in [0.05, 0.1) is 13.2 Å². The summed E-state index contributed by atoms with van der Waals surface area (Å²) in [4.78, 5) is 11.8. The molecule has 0 bridgehead atoms. The van der Waals surface area contributed by atoms with E-state index in [4.69, 9.17) is 10.5 Å². The maximum absolute atomic E-state index is 11.8. The van der Waals surface area contributed by atoms with Crippen molar-refractivity contribution in [3.63, 3.8) is 0 Å². The molecule has 0 radical (unpaired) electrons. The summed E-state index contributed by atoms with van der Waals surface area (Å²) in [7, 11) is 0. The maximum Gasteiger partial charge on any atom is 0.251 e. The molecule has 0 aliphatic carbocycles. The van der Waals surface area contributed by atoms with Gasteiger partial charge in [-0.1, -0.05) is 13.0 Å². The van der Waals surface area contributed by atoms with E-state index in [-0.39, 0.29) is 11.3 Å². The molecule has 1 saturated heterocycles. The number of carbonyl (C=O) groups excluding carboxylic acids is 1. The van der Waals surface area contributed by atoms with Gasteiger partial charge in [0.1, 0.15) is 0 Å². The van der Waals surface area contributed by atoms with Gasteiger partial charge < -0.3 is 15.8 Å². The minimum atomic E-state index is -0.0829. The van der Waals surface area contributed by atoms with E-state index in [9.17, 15) is 4.79 Å². The van der Waals surface area contributed by atoms with Crippen molar-refractivity contribution in [3.8, 4) is 0 Å². The Balaban J connectivity index is 1.93. The minimum absolute atomic E-state index is 0.0829. The molecule has 86 valence electrons. The van der Waals surface area contributed by atoms with Crippen LogP contribution in [0.2, 0.25) is 0 Å². The number of amides is 1. The predicted molar refractivity (Wildman–Crippen MR) is 62.1 cm³/mol. The third kappa shape index (κ3) is 2.33. The molecule has 1 heterocycles. The van der Waals surface area contributed by atoms with Crippen molar-refractivity contribution in [1.29, 1.82) is 0 Å². The van der Waals surface area contributed by atoms with E-state index in [1.165, 1.54) is 0 Å². The number of hydrogen-bond acceptors (Lipinski definition) is 3. The Bertz CT molecular complexity index is 400. The van der Waals surface area contributed by atoms with Gasteiger partial charge in [-0.05, 0) is 18.2 Å². The first-order valence-corrected chi connectivity index (χ1v) is 5.31. The lowest BCUT2D eigenvalue weighted by molar-refractivity contribution is -0.0978. The van der Waals surface area contributed by atoms with E-state index >= 15 is 0 Å². The molecule has 3 N–H and O–H groups in total. The number of ether oxygens (including phenoxy) is 1. The van der Waals surface area contributed by atoms with Crippen molar-refractivity contribution in [2.45, 2.75) is 6.92 Å². The number of nitrogens with two attached hydrogens (primary N) is 1. The van der Waals surface area contributed by atoms with E-state index in [1.54, 1.807) is 24.3 Å². The molecule has 0 saturated carbocycles. The van der Waals surface area contributed by atoms with E-state index < -0.39 is 0 Å². The van der Waals surface area contributed by atoms with Crippen LogP contribution in [0.5, 0.6) is 0 Å². The Labute approximate surface area is 94.8 Å². The number of nitrogens with one attached hydrogen (secondary N) is 1. The molecule has 1 aliphatic rings. The third-order valence-corrected chi connectivity index (χ3v) is 2.73. The summed E-state index contributed by atoms with van der Waals surface area (Å²) in [6, 6.07) is 6.97. The van der Waals surface area contributed by atoms with Crippen LogP contribution < -0.4 is 11.1 Å². The van der Waals surface area contributed by atoms with Gasteiger partial charge in [0.25, 0.3) is 5.91 Å². The predicted octanol–water partition coefficient (Wildman–Crippen LogP) is 1.04. The fourth-order valence-corrected chi connectivity index (χ4v) is 1.63. The van der Waals surface area contributed by atoms with E-state index in [2.05, 4.69) is 12.2 Å². The summed E-state index contributed by atoms with van der Waals surface area (Å²) in [5, 5.41) is 2.89. The van der Waals surface area contributed by atoms with Crippen LogP contribution in [0.4, 0.5) is 5.69 Å². The molecule has 0 spiro atoms. The van der Waals surface area contributed by atoms with Crippen molar-refractivity contribution >= 4 is 11.6 Å². The fraction of sp³-hybridized carbons (Fsp3) is 0.417. The van der Waals surface area contributed by atoms with Gasteiger partial charge in [0.15, 0.2) is 0 Å². The summed E-state index contributed by atoms with van der Waals surface area (Å²) >= 11 is 0. The zero-order chi connectivity index (χ0) is 11.6. The van der Waals surface area contributed by atoms with Crippen LogP contribution in [0.1, 0.15) is 17.3 Å². The van der Waals surface area contributed by atoms with Crippen LogP contribution >= 0.6 is 0 Å². The Morgan fingerprint density at radius 3 is 2.88 bits per heavy atom. The summed E-state index contributed by atoms with van der Waals surface area (Å²) in [5.74, 6) is -0.0829. The van der Waals surface area contributed by atoms with Gasteiger partial charge in [-0.15, -0.1) is 0 Å². The molecule has 16 heavy (non-hydrogen) atoms. The molecule has 1 fully saturated rings. The fourth-order valence-electron chi connectivity index (χ4n) is 1.63.